The Morgan fingerprint density at radius 2 is 1.82 bits per heavy atom. The summed E-state index contributed by atoms with van der Waals surface area (Å²) < 4.78 is 48.2. The number of hydrogen-bond donors (Lipinski definition) is 3. The molecule has 0 amide bonds. The van der Waals surface area contributed by atoms with Gasteiger partial charge in [0, 0.05) is 35.5 Å². The molecular formula is C25H31F2N2O4P. The number of unbranched alkanes of at least 4 members (excludes halogenated alkanes) is 2. The van der Waals surface area contributed by atoms with Crippen molar-refractivity contribution in [3.63, 3.8) is 0 Å². The van der Waals surface area contributed by atoms with E-state index in [1.54, 1.807) is 12.5 Å². The number of halogens is 2. The molecule has 34 heavy (non-hydrogen) atoms. The summed E-state index contributed by atoms with van der Waals surface area (Å²) in [7, 11) is -2.91. The number of hydrogen-bond acceptors (Lipinski definition) is 5. The van der Waals surface area contributed by atoms with E-state index in [2.05, 4.69) is 15.2 Å². The maximum atomic E-state index is 14.8. The van der Waals surface area contributed by atoms with Gasteiger partial charge in [-0.1, -0.05) is 18.6 Å². The smallest absolute Gasteiger partial charge is 0.316 e. The average Bonchev–Trinajstić information content (AvgIpc) is 3.35. The van der Waals surface area contributed by atoms with Crippen molar-refractivity contribution in [2.45, 2.75) is 38.6 Å². The van der Waals surface area contributed by atoms with Gasteiger partial charge in [0.1, 0.15) is 11.6 Å². The minimum absolute atomic E-state index is 0.177. The van der Waals surface area contributed by atoms with Crippen molar-refractivity contribution in [3.8, 4) is 11.1 Å². The zero-order valence-corrected chi connectivity index (χ0v) is 20.0. The quantitative estimate of drug-likeness (QED) is 0.180. The Labute approximate surface area is 199 Å². The zero-order valence-electron chi connectivity index (χ0n) is 19.0. The van der Waals surface area contributed by atoms with E-state index >= 15 is 0 Å². The molecule has 0 radical (unpaired) electrons. The first-order valence-electron chi connectivity index (χ1n) is 11.4. The van der Waals surface area contributed by atoms with E-state index in [0.29, 0.717) is 37.3 Å². The van der Waals surface area contributed by atoms with E-state index in [1.807, 2.05) is 24.3 Å². The van der Waals surface area contributed by atoms with Crippen molar-refractivity contribution in [2.24, 2.45) is 0 Å². The summed E-state index contributed by atoms with van der Waals surface area (Å²) in [6.45, 7) is 1.75. The Balaban J connectivity index is 1.50. The standard InChI is InChI=1S/C25H31F2N2O4P/c26-22-8-6-19(7-9-22)5-2-1-3-12-29-25-16-24(27)21(15-23(25)20-10-14-32-18-20)17-28-11-4-13-33-34(30)31/h6-10,14-16,18,28-29,34H,1-5,11-13,17H2,(H,30,31). The lowest BCUT2D eigenvalue weighted by Gasteiger charge is -2.15. The van der Waals surface area contributed by atoms with Crippen molar-refractivity contribution < 1.29 is 27.2 Å². The van der Waals surface area contributed by atoms with Gasteiger partial charge in [-0.05, 0) is 68.1 Å². The van der Waals surface area contributed by atoms with Crippen molar-refractivity contribution in [2.75, 3.05) is 25.0 Å². The Morgan fingerprint density at radius 1 is 1.00 bits per heavy atom. The first-order chi connectivity index (χ1) is 16.5. The summed E-state index contributed by atoms with van der Waals surface area (Å²) in [6.07, 6.45) is 7.61. The molecule has 0 aliphatic rings. The fourth-order valence-electron chi connectivity index (χ4n) is 3.64. The molecule has 0 spiro atoms. The second kappa shape index (κ2) is 14.0. The highest BCUT2D eigenvalue weighted by Gasteiger charge is 2.12. The molecule has 184 valence electrons. The van der Waals surface area contributed by atoms with Crippen LogP contribution in [0.15, 0.2) is 59.4 Å². The highest BCUT2D eigenvalue weighted by molar-refractivity contribution is 7.32. The SMILES string of the molecule is O=[PH](O)OCCCNCc1cc(-c2ccoc2)c(NCCCCCc2ccc(F)cc2)cc1F. The lowest BCUT2D eigenvalue weighted by Crippen LogP contribution is -2.17. The van der Waals surface area contributed by atoms with Crippen molar-refractivity contribution >= 4 is 13.9 Å². The Bertz CT molecular complexity index is 1030. The van der Waals surface area contributed by atoms with Gasteiger partial charge in [-0.15, -0.1) is 0 Å². The molecule has 1 heterocycles. The van der Waals surface area contributed by atoms with Crippen LogP contribution in [0.1, 0.15) is 36.8 Å². The van der Waals surface area contributed by atoms with Gasteiger partial charge in [-0.3, -0.25) is 4.57 Å². The van der Waals surface area contributed by atoms with Crippen molar-refractivity contribution in [1.82, 2.24) is 5.32 Å². The normalized spacial score (nSPS) is 12.1. The number of rotatable bonds is 15. The molecule has 0 aliphatic heterocycles. The predicted molar refractivity (Wildman–Crippen MR) is 130 cm³/mol. The lowest BCUT2D eigenvalue weighted by atomic mass is 10.0. The first-order valence-corrected chi connectivity index (χ1v) is 12.7. The van der Waals surface area contributed by atoms with Crippen LogP contribution in [-0.2, 0) is 22.1 Å². The maximum absolute atomic E-state index is 14.8. The van der Waals surface area contributed by atoms with Crippen LogP contribution in [0.4, 0.5) is 14.5 Å². The molecule has 0 saturated heterocycles. The summed E-state index contributed by atoms with van der Waals surface area (Å²) in [5.74, 6) is -0.530. The van der Waals surface area contributed by atoms with Gasteiger partial charge >= 0.3 is 8.25 Å². The van der Waals surface area contributed by atoms with E-state index in [1.165, 1.54) is 18.2 Å². The highest BCUT2D eigenvalue weighted by atomic mass is 31.1. The number of benzene rings is 2. The summed E-state index contributed by atoms with van der Waals surface area (Å²) in [5.41, 5.74) is 4.09. The molecule has 3 aromatic rings. The van der Waals surface area contributed by atoms with E-state index < -0.39 is 8.25 Å². The Morgan fingerprint density at radius 3 is 2.56 bits per heavy atom. The van der Waals surface area contributed by atoms with Gasteiger partial charge in [-0.2, -0.15) is 0 Å². The molecule has 0 bridgehead atoms. The molecule has 6 nitrogen and oxygen atoms in total. The van der Waals surface area contributed by atoms with E-state index in [-0.39, 0.29) is 18.2 Å². The molecule has 2 aromatic carbocycles. The Hall–Kier alpha value is -2.51. The monoisotopic (exact) mass is 492 g/mol. The second-order valence-electron chi connectivity index (χ2n) is 8.01. The predicted octanol–water partition coefficient (Wildman–Crippen LogP) is 5.93. The van der Waals surface area contributed by atoms with E-state index in [9.17, 15) is 13.3 Å². The van der Waals surface area contributed by atoms with Crippen LogP contribution >= 0.6 is 8.25 Å². The number of anilines is 1. The third kappa shape index (κ3) is 8.69. The molecule has 9 heteroatoms. The molecule has 3 N–H and O–H groups in total. The molecule has 1 unspecified atom stereocenters. The fraction of sp³-hybridized carbons (Fsp3) is 0.360. The minimum Gasteiger partial charge on any atom is -0.472 e. The molecule has 0 fully saturated rings. The molecule has 1 aromatic heterocycles. The molecular weight excluding hydrogens is 461 g/mol. The minimum atomic E-state index is -2.91. The van der Waals surface area contributed by atoms with Crippen LogP contribution in [0, 0.1) is 11.6 Å². The molecule has 0 saturated carbocycles. The van der Waals surface area contributed by atoms with Gasteiger partial charge in [0.15, 0.2) is 0 Å². The maximum Gasteiger partial charge on any atom is 0.316 e. The molecule has 3 rings (SSSR count). The highest BCUT2D eigenvalue weighted by Crippen LogP contribution is 2.31. The largest absolute Gasteiger partial charge is 0.472 e. The van der Waals surface area contributed by atoms with Gasteiger partial charge in [0.2, 0.25) is 0 Å². The van der Waals surface area contributed by atoms with Crippen LogP contribution in [0.25, 0.3) is 11.1 Å². The topological polar surface area (TPSA) is 83.7 Å². The van der Waals surface area contributed by atoms with Crippen molar-refractivity contribution in [3.05, 3.63) is 77.8 Å². The number of nitrogens with one attached hydrogen (secondary N) is 2. The molecule has 1 atom stereocenters. The van der Waals surface area contributed by atoms with Crippen LogP contribution < -0.4 is 10.6 Å². The number of furan rings is 1. The van der Waals surface area contributed by atoms with Crippen LogP contribution in [0.3, 0.4) is 0 Å². The van der Waals surface area contributed by atoms with E-state index in [4.69, 9.17) is 9.31 Å². The van der Waals surface area contributed by atoms with Crippen LogP contribution in [0.5, 0.6) is 0 Å². The summed E-state index contributed by atoms with van der Waals surface area (Å²) in [4.78, 5) is 8.66. The number of aryl methyl sites for hydroxylation is 1. The summed E-state index contributed by atoms with van der Waals surface area (Å²) in [5, 5.41) is 6.49. The van der Waals surface area contributed by atoms with Gasteiger partial charge in [0.05, 0.1) is 19.1 Å². The summed E-state index contributed by atoms with van der Waals surface area (Å²) in [6, 6.07) is 11.8. The van der Waals surface area contributed by atoms with Gasteiger partial charge in [0.25, 0.3) is 0 Å². The average molecular weight is 493 g/mol. The van der Waals surface area contributed by atoms with Crippen LogP contribution in [0.2, 0.25) is 0 Å². The van der Waals surface area contributed by atoms with Crippen molar-refractivity contribution in [1.29, 1.82) is 0 Å². The zero-order chi connectivity index (χ0) is 24.2. The summed E-state index contributed by atoms with van der Waals surface area (Å²) >= 11 is 0. The lowest BCUT2D eigenvalue weighted by molar-refractivity contribution is 0.276. The Kier molecular flexibility index (Phi) is 10.8. The van der Waals surface area contributed by atoms with Gasteiger partial charge in [-0.25, -0.2) is 8.78 Å². The van der Waals surface area contributed by atoms with E-state index in [0.717, 1.165) is 42.4 Å². The molecule has 0 aliphatic carbocycles. The third-order valence-corrected chi connectivity index (χ3v) is 5.88. The van der Waals surface area contributed by atoms with Gasteiger partial charge < -0.3 is 24.5 Å². The first kappa shape index (κ1) is 26.1. The second-order valence-corrected chi connectivity index (χ2v) is 8.83. The van der Waals surface area contributed by atoms with Crippen LogP contribution in [-0.4, -0.2) is 24.6 Å². The third-order valence-electron chi connectivity index (χ3n) is 5.43. The fourth-order valence-corrected chi connectivity index (χ4v) is 3.96.